The van der Waals surface area contributed by atoms with Crippen LogP contribution >= 0.6 is 0 Å². The minimum Gasteiger partial charge on any atom is -0.478 e. The van der Waals surface area contributed by atoms with Crippen LogP contribution in [0, 0.1) is 0 Å². The molecule has 0 radical (unpaired) electrons. The number of nitrogens with zero attached hydrogens (tertiary/aromatic N) is 4. The van der Waals surface area contributed by atoms with Crippen molar-refractivity contribution in [1.29, 1.82) is 0 Å². The zero-order valence-electron chi connectivity index (χ0n) is 27.5. The van der Waals surface area contributed by atoms with Gasteiger partial charge in [-0.05, 0) is 104 Å². The van der Waals surface area contributed by atoms with Crippen molar-refractivity contribution in [3.05, 3.63) is 108 Å². The van der Waals surface area contributed by atoms with Gasteiger partial charge in [0, 0.05) is 41.2 Å². The van der Waals surface area contributed by atoms with Crippen LogP contribution in [0.2, 0.25) is 0 Å². The molecule has 1 amide bonds. The normalized spacial score (nSPS) is 15.2. The van der Waals surface area contributed by atoms with Gasteiger partial charge in [0.1, 0.15) is 5.82 Å². The summed E-state index contributed by atoms with van der Waals surface area (Å²) in [6.07, 6.45) is 7.63. The zero-order valence-corrected chi connectivity index (χ0v) is 27.5. The maximum absolute atomic E-state index is 13.4. The first-order valence-corrected chi connectivity index (χ1v) is 17.3. The number of pyridine rings is 1. The van der Waals surface area contributed by atoms with Gasteiger partial charge in [-0.25, -0.2) is 19.6 Å². The van der Waals surface area contributed by atoms with E-state index in [1.54, 1.807) is 36.4 Å². The fraction of sp³-hybridized carbons (Fsp3) is 0.244. The molecule has 9 nitrogen and oxygen atoms in total. The summed E-state index contributed by atoms with van der Waals surface area (Å²) >= 11 is 0. The van der Waals surface area contributed by atoms with E-state index in [1.165, 1.54) is 6.42 Å². The van der Waals surface area contributed by atoms with Gasteiger partial charge in [0.15, 0.2) is 0 Å². The third-order valence-electron chi connectivity index (χ3n) is 10.2. The number of fused-ring (bicyclic) bond motifs is 2. The number of hydrogen-bond acceptors (Lipinski definition) is 5. The molecule has 1 saturated carbocycles. The summed E-state index contributed by atoms with van der Waals surface area (Å²) in [4.78, 5) is 48.7. The number of hydrogen-bond donors (Lipinski definition) is 2. The standard InChI is InChI=1S/C41H36N4O5/c46-39(44-20-4-5-21-44)29-12-16-32(25-8-10-26(11-9-25)40(47)48)33(23-29)35-18-13-27-22-28(14-17-34(27)42-35)38-43-36-24-30(41(49)50)15-19-37(36)45(38)31-6-2-1-3-7-31/h8-19,22-24,31H,1-7,20-21H2,(H,47,48)(H,49,50). The van der Waals surface area contributed by atoms with E-state index in [0.717, 1.165) is 96.1 Å². The third-order valence-corrected chi connectivity index (χ3v) is 10.2. The quantitative estimate of drug-likeness (QED) is 0.175. The van der Waals surface area contributed by atoms with Crippen LogP contribution in [0.1, 0.15) is 82.1 Å². The van der Waals surface area contributed by atoms with Gasteiger partial charge in [0.25, 0.3) is 5.91 Å². The minimum atomic E-state index is -0.988. The van der Waals surface area contributed by atoms with E-state index in [4.69, 9.17) is 9.97 Å². The van der Waals surface area contributed by atoms with Crippen molar-refractivity contribution in [2.75, 3.05) is 13.1 Å². The van der Waals surface area contributed by atoms with Gasteiger partial charge < -0.3 is 19.7 Å². The molecule has 4 aromatic carbocycles. The average molecular weight is 665 g/mol. The van der Waals surface area contributed by atoms with Crippen molar-refractivity contribution >= 4 is 39.8 Å². The number of amides is 1. The second kappa shape index (κ2) is 12.9. The van der Waals surface area contributed by atoms with Crippen LogP contribution in [-0.2, 0) is 0 Å². The molecular weight excluding hydrogens is 628 g/mol. The Balaban J connectivity index is 1.22. The van der Waals surface area contributed by atoms with Crippen molar-refractivity contribution in [2.45, 2.75) is 51.0 Å². The van der Waals surface area contributed by atoms with E-state index in [0.29, 0.717) is 16.8 Å². The Bertz CT molecular complexity index is 2300. The molecule has 1 saturated heterocycles. The van der Waals surface area contributed by atoms with Gasteiger partial charge in [0.2, 0.25) is 0 Å². The van der Waals surface area contributed by atoms with Crippen molar-refractivity contribution in [2.24, 2.45) is 0 Å². The van der Waals surface area contributed by atoms with Crippen LogP contribution in [-0.4, -0.2) is 60.6 Å². The van der Waals surface area contributed by atoms with E-state index in [-0.39, 0.29) is 23.1 Å². The molecule has 2 fully saturated rings. The van der Waals surface area contributed by atoms with Crippen LogP contribution in [0.4, 0.5) is 0 Å². The molecule has 50 heavy (non-hydrogen) atoms. The average Bonchev–Trinajstić information content (AvgIpc) is 3.83. The number of carboxylic acid groups (broad SMARTS) is 2. The number of carbonyl (C=O) groups excluding carboxylic acids is 1. The Morgan fingerprint density at radius 2 is 1.30 bits per heavy atom. The van der Waals surface area contributed by atoms with E-state index in [9.17, 15) is 24.6 Å². The van der Waals surface area contributed by atoms with Crippen molar-refractivity contribution in [3.63, 3.8) is 0 Å². The van der Waals surface area contributed by atoms with Gasteiger partial charge in [-0.2, -0.15) is 0 Å². The summed E-state index contributed by atoms with van der Waals surface area (Å²) in [7, 11) is 0. The molecule has 0 unspecified atom stereocenters. The first-order valence-electron chi connectivity index (χ1n) is 17.3. The van der Waals surface area contributed by atoms with Crippen LogP contribution in [0.25, 0.3) is 55.7 Å². The number of likely N-dealkylation sites (tertiary alicyclic amines) is 1. The summed E-state index contributed by atoms with van der Waals surface area (Å²) in [6.45, 7) is 1.50. The minimum absolute atomic E-state index is 0.00159. The van der Waals surface area contributed by atoms with Gasteiger partial charge in [-0.3, -0.25) is 4.79 Å². The first-order chi connectivity index (χ1) is 24.3. The molecular formula is C41H36N4O5. The van der Waals surface area contributed by atoms with Crippen molar-refractivity contribution in [1.82, 2.24) is 19.4 Å². The highest BCUT2D eigenvalue weighted by Gasteiger charge is 2.24. The number of rotatable bonds is 7. The molecule has 0 spiro atoms. The van der Waals surface area contributed by atoms with Gasteiger partial charge >= 0.3 is 11.9 Å². The molecule has 6 aromatic rings. The highest BCUT2D eigenvalue weighted by atomic mass is 16.4. The summed E-state index contributed by atoms with van der Waals surface area (Å²) < 4.78 is 2.30. The first kappa shape index (κ1) is 31.4. The lowest BCUT2D eigenvalue weighted by Crippen LogP contribution is -2.27. The lowest BCUT2D eigenvalue weighted by atomic mass is 9.93. The smallest absolute Gasteiger partial charge is 0.335 e. The largest absolute Gasteiger partial charge is 0.478 e. The molecule has 1 aliphatic carbocycles. The van der Waals surface area contributed by atoms with Gasteiger partial charge in [-0.1, -0.05) is 43.5 Å². The van der Waals surface area contributed by atoms with Crippen molar-refractivity contribution < 1.29 is 24.6 Å². The summed E-state index contributed by atoms with van der Waals surface area (Å²) in [5.41, 5.74) is 7.52. The molecule has 2 aromatic heterocycles. The van der Waals surface area contributed by atoms with E-state index >= 15 is 0 Å². The molecule has 3 heterocycles. The number of aromatic carboxylic acids is 2. The van der Waals surface area contributed by atoms with Crippen LogP contribution in [0.15, 0.2) is 91.0 Å². The Morgan fingerprint density at radius 1 is 0.600 bits per heavy atom. The lowest BCUT2D eigenvalue weighted by molar-refractivity contribution is 0.0686. The Hall–Kier alpha value is -5.83. The molecule has 8 rings (SSSR count). The summed E-state index contributed by atoms with van der Waals surface area (Å²) in [6, 6.07) is 28.0. The van der Waals surface area contributed by atoms with Crippen LogP contribution in [0.3, 0.4) is 0 Å². The SMILES string of the molecule is O=C(O)c1ccc(-c2ccc(C(=O)N3CCCC3)cc2-c2ccc3cc(-c4nc5cc(C(=O)O)ccc5n4C4CCCCC4)ccc3n2)cc1. The summed E-state index contributed by atoms with van der Waals surface area (Å²) in [5, 5.41) is 20.0. The second-order valence-corrected chi connectivity index (χ2v) is 13.4. The molecule has 2 N–H and O–H groups in total. The van der Waals surface area contributed by atoms with Crippen molar-refractivity contribution in [3.8, 4) is 33.8 Å². The number of carbonyl (C=O) groups is 3. The van der Waals surface area contributed by atoms with Gasteiger partial charge in [0.05, 0.1) is 33.4 Å². The number of benzene rings is 4. The Morgan fingerprint density at radius 3 is 2.04 bits per heavy atom. The monoisotopic (exact) mass is 664 g/mol. The zero-order chi connectivity index (χ0) is 34.4. The maximum Gasteiger partial charge on any atom is 0.335 e. The Labute approximate surface area is 288 Å². The number of carboxylic acids is 2. The summed E-state index contributed by atoms with van der Waals surface area (Å²) in [5.74, 6) is -1.14. The molecule has 9 heteroatoms. The molecule has 1 aliphatic heterocycles. The fourth-order valence-corrected chi connectivity index (χ4v) is 7.60. The maximum atomic E-state index is 13.4. The number of imidazole rings is 1. The molecule has 0 atom stereocenters. The predicted molar refractivity (Wildman–Crippen MR) is 193 cm³/mol. The van der Waals surface area contributed by atoms with Gasteiger partial charge in [-0.15, -0.1) is 0 Å². The lowest BCUT2D eigenvalue weighted by Gasteiger charge is -2.25. The third kappa shape index (κ3) is 5.78. The Kier molecular flexibility index (Phi) is 8.11. The molecule has 0 bridgehead atoms. The fourth-order valence-electron chi connectivity index (χ4n) is 7.60. The van der Waals surface area contributed by atoms with E-state index in [1.807, 2.05) is 53.4 Å². The van der Waals surface area contributed by atoms with Crippen LogP contribution in [0.5, 0.6) is 0 Å². The number of aromatic nitrogens is 3. The highest BCUT2D eigenvalue weighted by Crippen LogP contribution is 2.38. The highest BCUT2D eigenvalue weighted by molar-refractivity contribution is 5.99. The second-order valence-electron chi connectivity index (χ2n) is 13.4. The molecule has 250 valence electrons. The molecule has 2 aliphatic rings. The van der Waals surface area contributed by atoms with E-state index in [2.05, 4.69) is 10.6 Å². The van der Waals surface area contributed by atoms with E-state index < -0.39 is 11.9 Å². The topological polar surface area (TPSA) is 126 Å². The predicted octanol–water partition coefficient (Wildman–Crippen LogP) is 8.72. The van der Waals surface area contributed by atoms with Crippen LogP contribution < -0.4 is 0 Å².